The third-order valence-electron chi connectivity index (χ3n) is 4.05. The Morgan fingerprint density at radius 1 is 1.50 bits per heavy atom. The van der Waals surface area contributed by atoms with Gasteiger partial charge in [0.25, 0.3) is 0 Å². The van der Waals surface area contributed by atoms with Crippen molar-refractivity contribution in [3.8, 4) is 0 Å². The molecule has 2 aliphatic rings. The van der Waals surface area contributed by atoms with Crippen LogP contribution in [0.4, 0.5) is 0 Å². The van der Waals surface area contributed by atoms with Crippen molar-refractivity contribution in [2.24, 2.45) is 5.92 Å². The normalized spacial score (nSPS) is 26.2. The molecule has 4 heteroatoms. The van der Waals surface area contributed by atoms with Crippen molar-refractivity contribution in [2.45, 2.75) is 38.6 Å². The second-order valence-corrected chi connectivity index (χ2v) is 6.72. The van der Waals surface area contributed by atoms with Crippen LogP contribution in [0.15, 0.2) is 5.38 Å². The lowest BCUT2D eigenvalue weighted by Gasteiger charge is -2.23. The highest BCUT2D eigenvalue weighted by Crippen LogP contribution is 2.33. The largest absolute Gasteiger partial charge is 0.312 e. The second-order valence-electron chi connectivity index (χ2n) is 5.66. The average molecular weight is 265 g/mol. The summed E-state index contributed by atoms with van der Waals surface area (Å²) in [5.74, 6) is 0.965. The number of nitrogens with zero attached hydrogens (tertiary/aromatic N) is 2. The van der Waals surface area contributed by atoms with Gasteiger partial charge >= 0.3 is 0 Å². The van der Waals surface area contributed by atoms with E-state index in [0.29, 0.717) is 0 Å². The Labute approximate surface area is 114 Å². The first-order valence-electron chi connectivity index (χ1n) is 7.18. The van der Waals surface area contributed by atoms with Gasteiger partial charge in [0.1, 0.15) is 0 Å². The summed E-state index contributed by atoms with van der Waals surface area (Å²) in [4.78, 5) is 7.20. The molecular weight excluding hydrogens is 242 g/mol. The minimum Gasteiger partial charge on any atom is -0.312 e. The van der Waals surface area contributed by atoms with Crippen LogP contribution in [0.5, 0.6) is 0 Å². The molecule has 0 spiro atoms. The molecule has 0 amide bonds. The molecule has 3 rings (SSSR count). The molecule has 100 valence electrons. The van der Waals surface area contributed by atoms with Crippen molar-refractivity contribution in [3.05, 3.63) is 16.1 Å². The topological polar surface area (TPSA) is 28.2 Å². The van der Waals surface area contributed by atoms with Gasteiger partial charge in [-0.25, -0.2) is 4.98 Å². The summed E-state index contributed by atoms with van der Waals surface area (Å²) in [6.45, 7) is 6.96. The number of thiazole rings is 1. The fourth-order valence-electron chi connectivity index (χ4n) is 2.84. The molecule has 2 fully saturated rings. The van der Waals surface area contributed by atoms with E-state index in [1.807, 2.05) is 0 Å². The molecular formula is C14H23N3S. The highest BCUT2D eigenvalue weighted by Gasteiger charge is 2.32. The predicted octanol–water partition coefficient (Wildman–Crippen LogP) is 2.07. The summed E-state index contributed by atoms with van der Waals surface area (Å²) in [5.41, 5.74) is 1.28. The Morgan fingerprint density at radius 3 is 3.11 bits per heavy atom. The van der Waals surface area contributed by atoms with Gasteiger partial charge in [0.15, 0.2) is 0 Å². The van der Waals surface area contributed by atoms with Gasteiger partial charge in [0.2, 0.25) is 0 Å². The maximum Gasteiger partial charge on any atom is 0.0897 e. The van der Waals surface area contributed by atoms with Gasteiger partial charge in [-0.3, -0.25) is 0 Å². The summed E-state index contributed by atoms with van der Waals surface area (Å²) in [6, 6.07) is 0.754. The van der Waals surface area contributed by atoms with Gasteiger partial charge < -0.3 is 10.2 Å². The number of rotatable bonds is 4. The number of aromatic nitrogens is 1. The van der Waals surface area contributed by atoms with Gasteiger partial charge in [-0.15, -0.1) is 11.3 Å². The summed E-state index contributed by atoms with van der Waals surface area (Å²) in [5, 5.41) is 7.13. The third-order valence-corrected chi connectivity index (χ3v) is 4.88. The Kier molecular flexibility index (Phi) is 3.97. The molecule has 0 radical (unpaired) electrons. The molecule has 1 atom stereocenters. The van der Waals surface area contributed by atoms with Crippen LogP contribution in [0.1, 0.15) is 30.0 Å². The van der Waals surface area contributed by atoms with Crippen molar-refractivity contribution < 1.29 is 0 Å². The first kappa shape index (κ1) is 12.6. The zero-order valence-electron chi connectivity index (χ0n) is 11.2. The lowest BCUT2D eigenvalue weighted by molar-refractivity contribution is 0.261. The van der Waals surface area contributed by atoms with Crippen LogP contribution >= 0.6 is 11.3 Å². The van der Waals surface area contributed by atoms with Gasteiger partial charge in [-0.2, -0.15) is 0 Å². The maximum absolute atomic E-state index is 4.56. The standard InChI is InChI=1S/C14H23N3S/c1-11-16-13(10-18-11)5-8-17-7-2-6-15-14(9-17)12-3-4-12/h10,12,14-15H,2-9H2,1H3. The lowest BCUT2D eigenvalue weighted by atomic mass is 10.1. The summed E-state index contributed by atoms with van der Waals surface area (Å²) in [6.07, 6.45) is 5.29. The van der Waals surface area contributed by atoms with Crippen molar-refractivity contribution in [2.75, 3.05) is 26.2 Å². The van der Waals surface area contributed by atoms with Crippen LogP contribution in [0.3, 0.4) is 0 Å². The molecule has 1 aromatic heterocycles. The quantitative estimate of drug-likeness (QED) is 0.903. The molecule has 0 aromatic carbocycles. The summed E-state index contributed by atoms with van der Waals surface area (Å²) < 4.78 is 0. The highest BCUT2D eigenvalue weighted by molar-refractivity contribution is 7.09. The van der Waals surface area contributed by atoms with E-state index < -0.39 is 0 Å². The van der Waals surface area contributed by atoms with E-state index in [9.17, 15) is 0 Å². The fourth-order valence-corrected chi connectivity index (χ4v) is 3.48. The summed E-state index contributed by atoms with van der Waals surface area (Å²) >= 11 is 1.77. The van der Waals surface area contributed by atoms with E-state index in [0.717, 1.165) is 18.4 Å². The van der Waals surface area contributed by atoms with Gasteiger partial charge in [-0.05, 0) is 45.2 Å². The van der Waals surface area contributed by atoms with E-state index in [1.165, 1.54) is 56.1 Å². The Morgan fingerprint density at radius 2 is 2.39 bits per heavy atom. The molecule has 1 saturated heterocycles. The van der Waals surface area contributed by atoms with Crippen molar-refractivity contribution in [3.63, 3.8) is 0 Å². The van der Waals surface area contributed by atoms with Gasteiger partial charge in [0, 0.05) is 30.9 Å². The van der Waals surface area contributed by atoms with Gasteiger partial charge in [-0.1, -0.05) is 0 Å². The lowest BCUT2D eigenvalue weighted by Crippen LogP contribution is -2.39. The fraction of sp³-hybridized carbons (Fsp3) is 0.786. The molecule has 1 aliphatic heterocycles. The van der Waals surface area contributed by atoms with Crippen molar-refractivity contribution in [1.82, 2.24) is 15.2 Å². The van der Waals surface area contributed by atoms with Crippen LogP contribution in [0, 0.1) is 12.8 Å². The molecule has 3 nitrogen and oxygen atoms in total. The third kappa shape index (κ3) is 3.31. The molecule has 1 unspecified atom stereocenters. The van der Waals surface area contributed by atoms with E-state index in [2.05, 4.69) is 27.5 Å². The van der Waals surface area contributed by atoms with E-state index >= 15 is 0 Å². The predicted molar refractivity (Wildman–Crippen MR) is 76.1 cm³/mol. The van der Waals surface area contributed by atoms with Crippen molar-refractivity contribution in [1.29, 1.82) is 0 Å². The Hall–Kier alpha value is -0.450. The first-order valence-corrected chi connectivity index (χ1v) is 8.06. The van der Waals surface area contributed by atoms with E-state index in [-0.39, 0.29) is 0 Å². The monoisotopic (exact) mass is 265 g/mol. The number of nitrogens with one attached hydrogen (secondary N) is 1. The molecule has 2 heterocycles. The molecule has 1 aromatic rings. The highest BCUT2D eigenvalue weighted by atomic mass is 32.1. The van der Waals surface area contributed by atoms with Gasteiger partial charge in [0.05, 0.1) is 10.7 Å². The molecule has 1 saturated carbocycles. The van der Waals surface area contributed by atoms with Crippen molar-refractivity contribution >= 4 is 11.3 Å². The van der Waals surface area contributed by atoms with Crippen LogP contribution in [-0.4, -0.2) is 42.1 Å². The molecule has 1 aliphatic carbocycles. The Bertz CT molecular complexity index is 386. The molecule has 0 bridgehead atoms. The minimum atomic E-state index is 0.754. The summed E-state index contributed by atoms with van der Waals surface area (Å²) in [7, 11) is 0. The van der Waals surface area contributed by atoms with Crippen LogP contribution in [0.25, 0.3) is 0 Å². The molecule has 1 N–H and O–H groups in total. The van der Waals surface area contributed by atoms with Crippen LogP contribution in [0.2, 0.25) is 0 Å². The van der Waals surface area contributed by atoms with E-state index in [1.54, 1.807) is 11.3 Å². The number of aryl methyl sites for hydroxylation is 1. The molecule has 18 heavy (non-hydrogen) atoms. The van der Waals surface area contributed by atoms with Crippen LogP contribution < -0.4 is 5.32 Å². The SMILES string of the molecule is Cc1nc(CCN2CCCNC(C3CC3)C2)cs1. The zero-order valence-corrected chi connectivity index (χ0v) is 12.0. The number of hydrogen-bond acceptors (Lipinski definition) is 4. The average Bonchev–Trinajstić information content (AvgIpc) is 3.14. The maximum atomic E-state index is 4.56. The van der Waals surface area contributed by atoms with E-state index in [4.69, 9.17) is 0 Å². The minimum absolute atomic E-state index is 0.754. The number of hydrogen-bond donors (Lipinski definition) is 1. The first-order chi connectivity index (χ1) is 8.81. The smallest absolute Gasteiger partial charge is 0.0897 e. The second kappa shape index (κ2) is 5.68. The Balaban J connectivity index is 1.51. The zero-order chi connectivity index (χ0) is 12.4. The van der Waals surface area contributed by atoms with Crippen LogP contribution in [-0.2, 0) is 6.42 Å².